The van der Waals surface area contributed by atoms with Gasteiger partial charge >= 0.3 is 6.09 Å². The summed E-state index contributed by atoms with van der Waals surface area (Å²) in [6, 6.07) is 6.65. The Kier molecular flexibility index (Phi) is 8.70. The molecule has 0 unspecified atom stereocenters. The molecule has 230 valence electrons. The average molecular weight is 597 g/mol. The summed E-state index contributed by atoms with van der Waals surface area (Å²) in [6.07, 6.45) is 7.12. The minimum Gasteiger partial charge on any atom is -0.444 e. The SMILES string of the molecule is C[C@@H]1C[C@H](NC(=O)OC(C)(C)C)C[C@H](c2ccncc2NCc2ccc(F)c(-c3c(F)cc(C4(O)CCC4)cc3F)n2)C1. The lowest BCUT2D eigenvalue weighted by Gasteiger charge is -2.37. The van der Waals surface area contributed by atoms with Crippen LogP contribution in [-0.2, 0) is 16.9 Å². The van der Waals surface area contributed by atoms with Crippen molar-refractivity contribution in [2.24, 2.45) is 5.92 Å². The van der Waals surface area contributed by atoms with Crippen molar-refractivity contribution in [3.05, 3.63) is 77.0 Å². The standard InChI is InChI=1S/C33H39F3N4O3/c1-19-12-20(14-23(13-19)40-31(41)43-32(2,3)4)24-8-11-37-18-28(24)38-17-22-6-7-25(34)30(39-22)29-26(35)15-21(16-27(29)36)33(42)9-5-10-33/h6-8,11,15-16,18-20,23,38,42H,5,9-10,12-14,17H2,1-4H3,(H,40,41)/t19-,20+,23-/m0/s1. The van der Waals surface area contributed by atoms with Crippen molar-refractivity contribution in [3.8, 4) is 11.3 Å². The topological polar surface area (TPSA) is 96.4 Å². The van der Waals surface area contributed by atoms with Crippen LogP contribution in [0.4, 0.5) is 23.7 Å². The fraction of sp³-hybridized carbons (Fsp3) is 0.485. The maximum absolute atomic E-state index is 15.1. The predicted molar refractivity (Wildman–Crippen MR) is 158 cm³/mol. The van der Waals surface area contributed by atoms with Crippen LogP contribution in [0.25, 0.3) is 11.3 Å². The van der Waals surface area contributed by atoms with Gasteiger partial charge in [-0.15, -0.1) is 0 Å². The van der Waals surface area contributed by atoms with Gasteiger partial charge in [0.2, 0.25) is 0 Å². The third-order valence-electron chi connectivity index (χ3n) is 8.32. The number of benzene rings is 1. The molecular weight excluding hydrogens is 557 g/mol. The molecular formula is C33H39F3N4O3. The van der Waals surface area contributed by atoms with Gasteiger partial charge in [-0.05, 0) is 113 Å². The van der Waals surface area contributed by atoms with Crippen LogP contribution in [0.15, 0.2) is 42.7 Å². The van der Waals surface area contributed by atoms with Crippen LogP contribution in [-0.4, -0.2) is 32.8 Å². The van der Waals surface area contributed by atoms with E-state index in [2.05, 4.69) is 27.5 Å². The molecule has 0 radical (unpaired) electrons. The number of pyridine rings is 2. The van der Waals surface area contributed by atoms with Crippen molar-refractivity contribution >= 4 is 11.8 Å². The van der Waals surface area contributed by atoms with Gasteiger partial charge in [-0.1, -0.05) is 6.92 Å². The Balaban J connectivity index is 1.32. The Hall–Kier alpha value is -3.66. The third-order valence-corrected chi connectivity index (χ3v) is 8.32. The Morgan fingerprint density at radius 2 is 1.79 bits per heavy atom. The number of amides is 1. The molecule has 1 aromatic carbocycles. The lowest BCUT2D eigenvalue weighted by atomic mass is 9.75. The Bertz CT molecular complexity index is 1470. The van der Waals surface area contributed by atoms with Gasteiger partial charge in [0, 0.05) is 12.2 Å². The van der Waals surface area contributed by atoms with E-state index in [0.29, 0.717) is 24.5 Å². The first kappa shape index (κ1) is 30.8. The Labute approximate surface area is 250 Å². The molecule has 3 aromatic rings. The lowest BCUT2D eigenvalue weighted by molar-refractivity contribution is -0.0392. The van der Waals surface area contributed by atoms with Crippen LogP contribution in [0.1, 0.15) is 89.0 Å². The molecule has 7 nitrogen and oxygen atoms in total. The number of anilines is 1. The van der Waals surface area contributed by atoms with Gasteiger partial charge in [0.15, 0.2) is 0 Å². The molecule has 0 aliphatic heterocycles. The van der Waals surface area contributed by atoms with Gasteiger partial charge in [-0.3, -0.25) is 4.98 Å². The molecule has 0 bridgehead atoms. The van der Waals surface area contributed by atoms with Gasteiger partial charge in [0.05, 0.1) is 35.3 Å². The molecule has 2 heterocycles. The second-order valence-electron chi connectivity index (χ2n) is 13.0. The summed E-state index contributed by atoms with van der Waals surface area (Å²) in [4.78, 5) is 21.0. The first-order valence-corrected chi connectivity index (χ1v) is 14.9. The maximum Gasteiger partial charge on any atom is 0.407 e. The molecule has 2 aliphatic rings. The van der Waals surface area contributed by atoms with Crippen molar-refractivity contribution in [2.75, 3.05) is 5.32 Å². The molecule has 2 saturated carbocycles. The summed E-state index contributed by atoms with van der Waals surface area (Å²) in [6.45, 7) is 7.81. The molecule has 5 rings (SSSR count). The minimum absolute atomic E-state index is 0.0490. The van der Waals surface area contributed by atoms with Gasteiger partial charge in [-0.2, -0.15) is 0 Å². The minimum atomic E-state index is -1.25. The second-order valence-corrected chi connectivity index (χ2v) is 13.0. The molecule has 2 aliphatic carbocycles. The normalized spacial score (nSPS) is 21.5. The monoisotopic (exact) mass is 596 g/mol. The summed E-state index contributed by atoms with van der Waals surface area (Å²) in [5, 5.41) is 16.9. The number of halogens is 3. The fourth-order valence-electron chi connectivity index (χ4n) is 6.17. The highest BCUT2D eigenvalue weighted by molar-refractivity contribution is 5.68. The number of aromatic nitrogens is 2. The summed E-state index contributed by atoms with van der Waals surface area (Å²) in [7, 11) is 0. The number of carbonyl (C=O) groups excluding carboxylic acids is 1. The molecule has 2 aromatic heterocycles. The number of carbonyl (C=O) groups is 1. The highest BCUT2D eigenvalue weighted by atomic mass is 19.1. The third kappa shape index (κ3) is 7.12. The summed E-state index contributed by atoms with van der Waals surface area (Å²) < 4.78 is 50.5. The second kappa shape index (κ2) is 12.1. The maximum atomic E-state index is 15.1. The van der Waals surface area contributed by atoms with E-state index in [0.717, 1.165) is 55.1 Å². The van der Waals surface area contributed by atoms with E-state index in [1.165, 1.54) is 6.07 Å². The van der Waals surface area contributed by atoms with Gasteiger partial charge in [0.25, 0.3) is 0 Å². The van der Waals surface area contributed by atoms with Gasteiger partial charge in [-0.25, -0.2) is 22.9 Å². The molecule has 10 heteroatoms. The van der Waals surface area contributed by atoms with Crippen LogP contribution in [0.3, 0.4) is 0 Å². The van der Waals surface area contributed by atoms with E-state index in [-0.39, 0.29) is 24.1 Å². The first-order valence-electron chi connectivity index (χ1n) is 14.9. The van der Waals surface area contributed by atoms with E-state index in [4.69, 9.17) is 4.74 Å². The number of nitrogens with one attached hydrogen (secondary N) is 2. The molecule has 2 fully saturated rings. The number of rotatable bonds is 7. The zero-order valence-corrected chi connectivity index (χ0v) is 25.0. The lowest BCUT2D eigenvalue weighted by Crippen LogP contribution is -2.42. The Morgan fingerprint density at radius 1 is 1.07 bits per heavy atom. The number of hydrogen-bond acceptors (Lipinski definition) is 6. The van der Waals surface area contributed by atoms with Crippen LogP contribution in [0.2, 0.25) is 0 Å². The van der Waals surface area contributed by atoms with Crippen LogP contribution in [0, 0.1) is 23.4 Å². The largest absolute Gasteiger partial charge is 0.444 e. The highest BCUT2D eigenvalue weighted by Crippen LogP contribution is 2.43. The summed E-state index contributed by atoms with van der Waals surface area (Å²) >= 11 is 0. The van der Waals surface area contributed by atoms with Crippen molar-refractivity contribution < 1.29 is 27.8 Å². The number of aliphatic hydroxyl groups is 1. The van der Waals surface area contributed by atoms with E-state index in [1.807, 2.05) is 26.8 Å². The average Bonchev–Trinajstić information content (AvgIpc) is 2.90. The molecule has 1 amide bonds. The number of nitrogens with zero attached hydrogens (tertiary/aromatic N) is 2. The van der Waals surface area contributed by atoms with Crippen molar-refractivity contribution in [1.29, 1.82) is 0 Å². The van der Waals surface area contributed by atoms with Crippen LogP contribution < -0.4 is 10.6 Å². The van der Waals surface area contributed by atoms with Crippen molar-refractivity contribution in [3.63, 3.8) is 0 Å². The van der Waals surface area contributed by atoms with Crippen LogP contribution >= 0.6 is 0 Å². The molecule has 3 atom stereocenters. The van der Waals surface area contributed by atoms with Crippen molar-refractivity contribution in [2.45, 2.75) is 95.9 Å². The number of ether oxygens (including phenoxy) is 1. The van der Waals surface area contributed by atoms with Gasteiger partial charge in [0.1, 0.15) is 28.7 Å². The van der Waals surface area contributed by atoms with E-state index in [9.17, 15) is 14.3 Å². The molecule has 3 N–H and O–H groups in total. The van der Waals surface area contributed by atoms with E-state index >= 15 is 8.78 Å². The molecule has 0 saturated heterocycles. The summed E-state index contributed by atoms with van der Waals surface area (Å²) in [5.74, 6) is -2.29. The number of hydrogen-bond donors (Lipinski definition) is 3. The van der Waals surface area contributed by atoms with Crippen molar-refractivity contribution in [1.82, 2.24) is 15.3 Å². The smallest absolute Gasteiger partial charge is 0.407 e. The fourth-order valence-corrected chi connectivity index (χ4v) is 6.17. The first-order chi connectivity index (χ1) is 20.3. The predicted octanol–water partition coefficient (Wildman–Crippen LogP) is 7.34. The quantitative estimate of drug-likeness (QED) is 0.264. The van der Waals surface area contributed by atoms with Gasteiger partial charge < -0.3 is 20.5 Å². The zero-order valence-electron chi connectivity index (χ0n) is 25.0. The Morgan fingerprint density at radius 3 is 2.44 bits per heavy atom. The van der Waals surface area contributed by atoms with Crippen LogP contribution in [0.5, 0.6) is 0 Å². The summed E-state index contributed by atoms with van der Waals surface area (Å²) in [5.41, 5.74) is -0.491. The molecule has 0 spiro atoms. The highest BCUT2D eigenvalue weighted by Gasteiger charge is 2.38. The zero-order chi connectivity index (χ0) is 30.9. The number of alkyl carbamates (subject to hydrolysis) is 1. The molecule has 43 heavy (non-hydrogen) atoms. The van der Waals surface area contributed by atoms with E-state index in [1.54, 1.807) is 12.4 Å². The van der Waals surface area contributed by atoms with E-state index < -0.39 is 46.0 Å².